The van der Waals surface area contributed by atoms with E-state index in [1.165, 1.54) is 0 Å². The molecule has 2 radical (unpaired) electrons. The maximum Gasteiger partial charge on any atom is 0.324 e. The third kappa shape index (κ3) is 1.96. The summed E-state index contributed by atoms with van der Waals surface area (Å²) in [4.78, 5) is 22.5. The minimum absolute atomic E-state index is 0.0829. The highest BCUT2D eigenvalue weighted by atomic mass is 16.2. The topological polar surface area (TPSA) is 70.2 Å². The van der Waals surface area contributed by atoms with Crippen LogP contribution in [-0.2, 0) is 0 Å². The van der Waals surface area contributed by atoms with Gasteiger partial charge in [0.25, 0.3) is 0 Å². The van der Waals surface area contributed by atoms with Crippen LogP contribution in [0.2, 0.25) is 5.82 Å². The van der Waals surface area contributed by atoms with Gasteiger partial charge in [0.15, 0.2) is 0 Å². The van der Waals surface area contributed by atoms with Gasteiger partial charge in [-0.2, -0.15) is 0 Å². The van der Waals surface area contributed by atoms with E-state index in [9.17, 15) is 9.59 Å². The van der Waals surface area contributed by atoms with Gasteiger partial charge in [-0.1, -0.05) is 24.0 Å². The fraction of sp³-hybridized carbons (Fsp3) is 0.400. The second-order valence-electron chi connectivity index (χ2n) is 4.08. The van der Waals surface area contributed by atoms with Gasteiger partial charge in [0, 0.05) is 0 Å². The second-order valence-corrected chi connectivity index (χ2v) is 4.08. The summed E-state index contributed by atoms with van der Waals surface area (Å²) in [5, 5.41) is 7.41. The summed E-state index contributed by atoms with van der Waals surface area (Å²) in [7, 11) is 5.79. The molecule has 1 fully saturated rings. The lowest BCUT2D eigenvalue weighted by atomic mass is 9.78. The molecule has 0 aromatic heterocycles. The van der Waals surface area contributed by atoms with E-state index < -0.39 is 17.7 Å². The lowest BCUT2D eigenvalue weighted by Crippen LogP contribution is -2.69. The fourth-order valence-electron chi connectivity index (χ4n) is 1.84. The Bertz CT molecular complexity index is 387. The van der Waals surface area contributed by atoms with Gasteiger partial charge in [0.1, 0.15) is 5.66 Å². The summed E-state index contributed by atoms with van der Waals surface area (Å²) in [6.45, 7) is 1.72. The number of hydrogen-bond acceptors (Lipinski definition) is 2. The quantitative estimate of drug-likeness (QED) is 0.562. The van der Waals surface area contributed by atoms with Crippen LogP contribution in [0, 0.1) is 0 Å². The molecule has 16 heavy (non-hydrogen) atoms. The molecule has 0 spiro atoms. The zero-order valence-corrected chi connectivity index (χ0v) is 8.91. The lowest BCUT2D eigenvalue weighted by Gasteiger charge is -2.37. The van der Waals surface area contributed by atoms with E-state index in [4.69, 9.17) is 7.85 Å². The summed E-state index contributed by atoms with van der Waals surface area (Å²) < 4.78 is 0. The molecule has 1 saturated heterocycles. The molecule has 0 aromatic carbocycles. The van der Waals surface area contributed by atoms with Crippen molar-refractivity contribution in [2.24, 2.45) is 0 Å². The smallest absolute Gasteiger partial charge is 0.311 e. The van der Waals surface area contributed by atoms with Crippen molar-refractivity contribution in [3.63, 3.8) is 0 Å². The first-order valence-electron chi connectivity index (χ1n) is 5.05. The highest BCUT2D eigenvalue weighted by molar-refractivity contribution is 6.13. The summed E-state index contributed by atoms with van der Waals surface area (Å²) >= 11 is 0. The Hall–Kier alpha value is -1.72. The van der Waals surface area contributed by atoms with Gasteiger partial charge in [-0.05, 0) is 18.9 Å². The monoisotopic (exact) mass is 217 g/mol. The number of nitrogens with one attached hydrogen (secondary N) is 3. The standard InChI is InChI=1S/C10H12BN3O2/c1-10(6-3-2-4-7(11)5-6)13-8(15)12-9(16)14-10/h2-3,5,7H,4H2,1H3,(H3,12,13,14,15,16). The molecule has 6 heteroatoms. The van der Waals surface area contributed by atoms with Crippen molar-refractivity contribution >= 4 is 19.9 Å². The molecular weight excluding hydrogens is 205 g/mol. The molecule has 3 N–H and O–H groups in total. The number of carbonyl (C=O) groups is 2. The van der Waals surface area contributed by atoms with Crippen LogP contribution in [0.3, 0.4) is 0 Å². The van der Waals surface area contributed by atoms with Crippen molar-refractivity contribution in [3.8, 4) is 0 Å². The van der Waals surface area contributed by atoms with Crippen LogP contribution in [0.1, 0.15) is 13.3 Å². The molecule has 1 aliphatic heterocycles. The zero-order valence-electron chi connectivity index (χ0n) is 8.91. The average molecular weight is 217 g/mol. The number of amides is 4. The Morgan fingerprint density at radius 2 is 2.00 bits per heavy atom. The van der Waals surface area contributed by atoms with Crippen LogP contribution in [0.4, 0.5) is 9.59 Å². The van der Waals surface area contributed by atoms with Crippen molar-refractivity contribution in [2.75, 3.05) is 0 Å². The van der Waals surface area contributed by atoms with Crippen LogP contribution < -0.4 is 16.0 Å². The van der Waals surface area contributed by atoms with E-state index in [-0.39, 0.29) is 5.82 Å². The van der Waals surface area contributed by atoms with Gasteiger partial charge >= 0.3 is 12.1 Å². The number of hydrogen-bond donors (Lipinski definition) is 3. The molecular formula is C10H12BN3O2. The number of carbonyl (C=O) groups excluding carboxylic acids is 2. The zero-order chi connectivity index (χ0) is 11.8. The summed E-state index contributed by atoms with van der Waals surface area (Å²) in [6, 6.07) is -1.03. The molecule has 0 saturated carbocycles. The molecule has 0 bridgehead atoms. The largest absolute Gasteiger partial charge is 0.324 e. The summed E-state index contributed by atoms with van der Waals surface area (Å²) in [5.41, 5.74) is -0.108. The molecule has 82 valence electrons. The predicted octanol–water partition coefficient (Wildman–Crippen LogP) is 0.568. The predicted molar refractivity (Wildman–Crippen MR) is 59.9 cm³/mol. The maximum atomic E-state index is 11.2. The Kier molecular flexibility index (Phi) is 2.49. The van der Waals surface area contributed by atoms with Crippen LogP contribution in [0.25, 0.3) is 0 Å². The Balaban J connectivity index is 2.27. The van der Waals surface area contributed by atoms with Gasteiger partial charge in [0.2, 0.25) is 0 Å². The van der Waals surface area contributed by atoms with E-state index in [0.29, 0.717) is 0 Å². The number of urea groups is 2. The van der Waals surface area contributed by atoms with E-state index in [1.807, 2.05) is 18.2 Å². The van der Waals surface area contributed by atoms with Crippen LogP contribution in [0.5, 0.6) is 0 Å². The summed E-state index contributed by atoms with van der Waals surface area (Å²) in [6.07, 6.45) is 6.38. The van der Waals surface area contributed by atoms with Crippen LogP contribution >= 0.6 is 0 Å². The summed E-state index contributed by atoms with van der Waals surface area (Å²) in [5.74, 6) is -0.0829. The fourth-order valence-corrected chi connectivity index (χ4v) is 1.84. The molecule has 5 nitrogen and oxygen atoms in total. The van der Waals surface area contributed by atoms with Crippen molar-refractivity contribution in [3.05, 3.63) is 23.8 Å². The lowest BCUT2D eigenvalue weighted by molar-refractivity contribution is 0.198. The molecule has 4 amide bonds. The van der Waals surface area contributed by atoms with E-state index in [2.05, 4.69) is 16.0 Å². The first kappa shape index (κ1) is 10.8. The molecule has 0 aromatic rings. The van der Waals surface area contributed by atoms with Gasteiger partial charge in [-0.25, -0.2) is 9.59 Å². The first-order chi connectivity index (χ1) is 7.49. The van der Waals surface area contributed by atoms with Gasteiger partial charge in [-0.15, -0.1) is 0 Å². The van der Waals surface area contributed by atoms with E-state index in [1.54, 1.807) is 6.92 Å². The van der Waals surface area contributed by atoms with Gasteiger partial charge < -0.3 is 10.6 Å². The van der Waals surface area contributed by atoms with Gasteiger partial charge in [0.05, 0.1) is 7.85 Å². The Morgan fingerprint density at radius 3 is 2.56 bits per heavy atom. The SMILES string of the molecule is [B]C1C=C(C2(C)NC(=O)NC(=O)N2)C=CC1. The molecule has 2 aliphatic rings. The van der Waals surface area contributed by atoms with Crippen molar-refractivity contribution in [2.45, 2.75) is 24.8 Å². The molecule has 1 atom stereocenters. The van der Waals surface area contributed by atoms with Crippen LogP contribution in [-0.4, -0.2) is 25.6 Å². The van der Waals surface area contributed by atoms with Gasteiger partial charge in [-0.3, -0.25) is 5.32 Å². The average Bonchev–Trinajstić information content (AvgIpc) is 2.15. The molecule has 1 unspecified atom stereocenters. The number of imide groups is 1. The highest BCUT2D eigenvalue weighted by Gasteiger charge is 2.36. The van der Waals surface area contributed by atoms with E-state index in [0.717, 1.165) is 12.0 Å². The Labute approximate surface area is 94.8 Å². The highest BCUT2D eigenvalue weighted by Crippen LogP contribution is 2.25. The first-order valence-corrected chi connectivity index (χ1v) is 5.05. The Morgan fingerprint density at radius 1 is 1.38 bits per heavy atom. The maximum absolute atomic E-state index is 11.2. The number of allylic oxidation sites excluding steroid dienone is 2. The molecule has 1 aliphatic carbocycles. The van der Waals surface area contributed by atoms with Crippen molar-refractivity contribution in [1.82, 2.24) is 16.0 Å². The van der Waals surface area contributed by atoms with E-state index >= 15 is 0 Å². The van der Waals surface area contributed by atoms with Crippen molar-refractivity contribution < 1.29 is 9.59 Å². The molecule has 1 heterocycles. The number of rotatable bonds is 1. The third-order valence-electron chi connectivity index (χ3n) is 2.63. The molecule has 2 rings (SSSR count). The normalized spacial score (nSPS) is 27.6. The third-order valence-corrected chi connectivity index (χ3v) is 2.63. The van der Waals surface area contributed by atoms with Crippen molar-refractivity contribution in [1.29, 1.82) is 0 Å². The van der Waals surface area contributed by atoms with Crippen LogP contribution in [0.15, 0.2) is 23.8 Å². The minimum atomic E-state index is -0.895. The minimum Gasteiger partial charge on any atom is -0.311 e. The second kappa shape index (κ2) is 3.70.